The third-order valence-electron chi connectivity index (χ3n) is 7.12. The molecule has 1 aromatic rings. The molecular formula is C23H38O2Si2. The van der Waals surface area contributed by atoms with E-state index in [-0.39, 0.29) is 12.0 Å². The number of allylic oxidation sites excluding steroid dienone is 1. The molecular weight excluding hydrogens is 364 g/mol. The highest BCUT2D eigenvalue weighted by molar-refractivity contribution is 6.98. The molecule has 2 nitrogen and oxygen atoms in total. The molecule has 1 spiro atoms. The highest BCUT2D eigenvalue weighted by Crippen LogP contribution is 2.56. The number of aliphatic hydroxyl groups is 2. The molecule has 0 amide bonds. The predicted molar refractivity (Wildman–Crippen MR) is 122 cm³/mol. The van der Waals surface area contributed by atoms with E-state index in [1.807, 2.05) is 6.08 Å². The van der Waals surface area contributed by atoms with Gasteiger partial charge in [-0.3, -0.25) is 0 Å². The Morgan fingerprint density at radius 3 is 2.22 bits per heavy atom. The van der Waals surface area contributed by atoms with Crippen molar-refractivity contribution in [2.45, 2.75) is 82.9 Å². The van der Waals surface area contributed by atoms with Crippen LogP contribution in [0.25, 0.3) is 0 Å². The van der Waals surface area contributed by atoms with E-state index in [0.717, 1.165) is 25.7 Å². The first-order valence-corrected chi connectivity index (χ1v) is 17.5. The fraction of sp³-hybridized carbons (Fsp3) is 0.652. The molecule has 2 aliphatic rings. The van der Waals surface area contributed by atoms with Crippen LogP contribution in [0.3, 0.4) is 0 Å². The number of hydrogen-bond donors (Lipinski definition) is 2. The van der Waals surface area contributed by atoms with E-state index < -0.39 is 27.7 Å². The first-order valence-electron chi connectivity index (χ1n) is 10.5. The largest absolute Gasteiger partial charge is 0.396 e. The van der Waals surface area contributed by atoms with Crippen molar-refractivity contribution < 1.29 is 10.2 Å². The Balaban J connectivity index is 2.08. The number of aliphatic hydroxyl groups excluding tert-OH is 2. The van der Waals surface area contributed by atoms with Crippen LogP contribution in [-0.4, -0.2) is 39.1 Å². The topological polar surface area (TPSA) is 40.5 Å². The zero-order chi connectivity index (χ0) is 20.3. The second-order valence-electron chi connectivity index (χ2n) is 11.3. The van der Waals surface area contributed by atoms with Gasteiger partial charge in [0.1, 0.15) is 0 Å². The summed E-state index contributed by atoms with van der Waals surface area (Å²) in [5.41, 5.74) is 2.77. The Bertz CT molecular complexity index is 744. The van der Waals surface area contributed by atoms with Crippen LogP contribution >= 0.6 is 0 Å². The summed E-state index contributed by atoms with van der Waals surface area (Å²) >= 11 is 0. The molecule has 0 aromatic heterocycles. The zero-order valence-electron chi connectivity index (χ0n) is 18.2. The summed E-state index contributed by atoms with van der Waals surface area (Å²) in [6, 6.07) is 5.10. The molecule has 0 bridgehead atoms. The van der Waals surface area contributed by atoms with Crippen LogP contribution in [-0.2, 0) is 11.8 Å². The van der Waals surface area contributed by atoms with Gasteiger partial charge in [0.05, 0.1) is 28.9 Å². The number of rotatable bonds is 5. The number of hydrogen-bond acceptors (Lipinski definition) is 2. The summed E-state index contributed by atoms with van der Waals surface area (Å²) in [5.74, 6) is 0. The molecule has 1 fully saturated rings. The maximum atomic E-state index is 10.7. The molecule has 3 rings (SSSR count). The summed E-state index contributed by atoms with van der Waals surface area (Å²) in [6.07, 6.45) is 5.96. The lowest BCUT2D eigenvalue weighted by molar-refractivity contribution is -0.0748. The van der Waals surface area contributed by atoms with Crippen molar-refractivity contribution in [2.75, 3.05) is 6.61 Å². The van der Waals surface area contributed by atoms with E-state index in [0.29, 0.717) is 6.42 Å². The van der Waals surface area contributed by atoms with Crippen LogP contribution in [0.4, 0.5) is 0 Å². The van der Waals surface area contributed by atoms with Crippen molar-refractivity contribution in [3.8, 4) is 0 Å². The molecule has 1 saturated carbocycles. The minimum atomic E-state index is -1.44. The van der Waals surface area contributed by atoms with E-state index in [1.54, 1.807) is 10.4 Å². The van der Waals surface area contributed by atoms with Crippen LogP contribution in [0.5, 0.6) is 0 Å². The molecule has 0 radical (unpaired) electrons. The summed E-state index contributed by atoms with van der Waals surface area (Å²) in [4.78, 5) is 0. The quantitative estimate of drug-likeness (QED) is 0.583. The van der Waals surface area contributed by atoms with E-state index in [9.17, 15) is 10.2 Å². The van der Waals surface area contributed by atoms with Crippen LogP contribution in [0.2, 0.25) is 39.3 Å². The molecule has 0 saturated heterocycles. The Hall–Kier alpha value is -0.686. The molecule has 1 aromatic carbocycles. The van der Waals surface area contributed by atoms with E-state index in [1.165, 1.54) is 11.1 Å². The standard InChI is InChI=1S/C23H38O2Si2/c1-8-10-23(16-24)15-22(11-9-21(23)25)14-17-12-19(26(2,3)4)20(13-18(17)22)27(5,6)7/h8,12-13,21,24-25H,1,9-11,14-16H2,2-7H3. The molecule has 2 N–H and O–H groups in total. The van der Waals surface area contributed by atoms with Gasteiger partial charge in [0.25, 0.3) is 0 Å². The zero-order valence-corrected chi connectivity index (χ0v) is 20.2. The third-order valence-corrected chi connectivity index (χ3v) is 11.4. The van der Waals surface area contributed by atoms with Gasteiger partial charge in [0.2, 0.25) is 0 Å². The first kappa shape index (κ1) is 21.0. The van der Waals surface area contributed by atoms with Crippen LogP contribution in [0.1, 0.15) is 36.8 Å². The van der Waals surface area contributed by atoms with Crippen molar-refractivity contribution in [1.82, 2.24) is 0 Å². The van der Waals surface area contributed by atoms with Gasteiger partial charge < -0.3 is 10.2 Å². The molecule has 3 unspecified atom stereocenters. The summed E-state index contributed by atoms with van der Waals surface area (Å²) in [7, 11) is -2.83. The Morgan fingerprint density at radius 1 is 1.11 bits per heavy atom. The van der Waals surface area contributed by atoms with Crippen molar-refractivity contribution in [3.05, 3.63) is 35.9 Å². The summed E-state index contributed by atoms with van der Waals surface area (Å²) in [5, 5.41) is 24.2. The van der Waals surface area contributed by atoms with Gasteiger partial charge in [-0.05, 0) is 43.2 Å². The van der Waals surface area contributed by atoms with Gasteiger partial charge >= 0.3 is 0 Å². The third kappa shape index (κ3) is 3.43. The normalized spacial score (nSPS) is 30.7. The van der Waals surface area contributed by atoms with Gasteiger partial charge in [-0.25, -0.2) is 0 Å². The van der Waals surface area contributed by atoms with Crippen molar-refractivity contribution in [3.63, 3.8) is 0 Å². The lowest BCUT2D eigenvalue weighted by Crippen LogP contribution is -2.60. The van der Waals surface area contributed by atoms with Crippen molar-refractivity contribution in [2.24, 2.45) is 5.41 Å². The fourth-order valence-electron chi connectivity index (χ4n) is 5.58. The maximum absolute atomic E-state index is 10.7. The highest BCUT2D eigenvalue weighted by Gasteiger charge is 2.54. The summed E-state index contributed by atoms with van der Waals surface area (Å²) in [6.45, 7) is 18.7. The maximum Gasteiger partial charge on any atom is 0.0774 e. The molecule has 0 heterocycles. The van der Waals surface area contributed by atoms with Gasteiger partial charge in [0, 0.05) is 10.8 Å². The first-order chi connectivity index (χ1) is 12.4. The fourth-order valence-corrected chi connectivity index (χ4v) is 10.8. The van der Waals surface area contributed by atoms with Gasteiger partial charge in [-0.1, -0.05) is 67.9 Å². The van der Waals surface area contributed by atoms with Crippen LogP contribution in [0.15, 0.2) is 24.8 Å². The predicted octanol–water partition coefficient (Wildman–Crippen LogP) is 3.67. The number of benzene rings is 1. The minimum absolute atomic E-state index is 0.0468. The lowest BCUT2D eigenvalue weighted by atomic mass is 9.50. The Morgan fingerprint density at radius 2 is 1.70 bits per heavy atom. The smallest absolute Gasteiger partial charge is 0.0774 e. The van der Waals surface area contributed by atoms with Gasteiger partial charge in [0.15, 0.2) is 0 Å². The second-order valence-corrected chi connectivity index (χ2v) is 21.3. The lowest BCUT2D eigenvalue weighted by Gasteiger charge is -2.56. The van der Waals surface area contributed by atoms with Crippen LogP contribution < -0.4 is 10.4 Å². The van der Waals surface area contributed by atoms with Gasteiger partial charge in [-0.15, -0.1) is 6.58 Å². The average Bonchev–Trinajstić information content (AvgIpc) is 2.54. The molecule has 2 aliphatic carbocycles. The average molecular weight is 403 g/mol. The SMILES string of the molecule is C=CCC1(CO)CC2(CCC1O)Cc1cc([Si](C)(C)C)c([Si](C)(C)C)cc12. The Kier molecular flexibility index (Phi) is 5.21. The summed E-state index contributed by atoms with van der Waals surface area (Å²) < 4.78 is 0. The van der Waals surface area contributed by atoms with E-state index in [4.69, 9.17) is 0 Å². The molecule has 4 heteroatoms. The molecule has 3 atom stereocenters. The highest BCUT2D eigenvalue weighted by atomic mass is 28.3. The minimum Gasteiger partial charge on any atom is -0.396 e. The number of fused-ring (bicyclic) bond motifs is 2. The molecule has 150 valence electrons. The van der Waals surface area contributed by atoms with E-state index in [2.05, 4.69) is 58.0 Å². The monoisotopic (exact) mass is 402 g/mol. The second kappa shape index (κ2) is 6.68. The van der Waals surface area contributed by atoms with Crippen molar-refractivity contribution >= 4 is 26.5 Å². The van der Waals surface area contributed by atoms with Crippen LogP contribution in [0, 0.1) is 5.41 Å². The van der Waals surface area contributed by atoms with E-state index >= 15 is 0 Å². The van der Waals surface area contributed by atoms with Crippen molar-refractivity contribution in [1.29, 1.82) is 0 Å². The molecule has 27 heavy (non-hydrogen) atoms. The molecule has 0 aliphatic heterocycles. The Labute approximate surface area is 167 Å². The van der Waals surface area contributed by atoms with Gasteiger partial charge in [-0.2, -0.15) is 0 Å².